The number of carbonyl (C=O) groups is 1. The van der Waals surface area contributed by atoms with Crippen molar-refractivity contribution in [2.45, 2.75) is 18.6 Å². The number of urea groups is 1. The SMILES string of the molecule is O=C(Nc1ccc(Cl)cc1)N[C@@H](Cc1ccc(Cl)cc1)c1noc(N2CC(O)C2)n1. The average molecular weight is 448 g/mol. The van der Waals surface area contributed by atoms with E-state index in [1.807, 2.05) is 12.1 Å². The second-order valence-corrected chi connectivity index (χ2v) is 7.86. The Hall–Kier alpha value is -2.81. The normalized spacial score (nSPS) is 14.8. The van der Waals surface area contributed by atoms with Crippen LogP contribution in [0.4, 0.5) is 16.5 Å². The fourth-order valence-corrected chi connectivity index (χ4v) is 3.28. The first-order valence-corrected chi connectivity index (χ1v) is 10.1. The second-order valence-electron chi connectivity index (χ2n) is 6.98. The number of aromatic nitrogens is 2. The van der Waals surface area contributed by atoms with Crippen LogP contribution in [0.3, 0.4) is 0 Å². The molecule has 2 heterocycles. The maximum Gasteiger partial charge on any atom is 0.324 e. The predicted molar refractivity (Wildman–Crippen MR) is 114 cm³/mol. The minimum absolute atomic E-state index is 0.316. The highest BCUT2D eigenvalue weighted by molar-refractivity contribution is 6.30. The number of carbonyl (C=O) groups excluding carboxylic acids is 1. The number of nitrogens with one attached hydrogen (secondary N) is 2. The standard InChI is InChI=1S/C20H19Cl2N5O3/c21-13-3-1-12(2-4-13)9-17(18-25-20(30-26-18)27-10-16(28)11-27)24-19(29)23-15-7-5-14(22)6-8-15/h1-8,16-17,28H,9-11H2,(H2,23,24,29)/t17-/m0/s1. The number of rotatable bonds is 6. The molecule has 3 aromatic rings. The van der Waals surface area contributed by atoms with E-state index in [1.54, 1.807) is 41.3 Å². The summed E-state index contributed by atoms with van der Waals surface area (Å²) in [6.07, 6.45) is 0.0424. The van der Waals surface area contributed by atoms with Crippen LogP contribution in [0, 0.1) is 0 Å². The van der Waals surface area contributed by atoms with Crippen molar-refractivity contribution in [1.29, 1.82) is 0 Å². The third-order valence-corrected chi connectivity index (χ3v) is 5.14. The molecule has 1 aromatic heterocycles. The van der Waals surface area contributed by atoms with Gasteiger partial charge in [0.1, 0.15) is 0 Å². The zero-order chi connectivity index (χ0) is 21.1. The van der Waals surface area contributed by atoms with Gasteiger partial charge in [0, 0.05) is 22.2 Å². The number of anilines is 2. The number of halogens is 2. The Kier molecular flexibility index (Phi) is 6.08. The number of aliphatic hydroxyl groups is 1. The number of benzene rings is 2. The molecule has 2 aromatic carbocycles. The number of β-amino-alcohol motifs (C(OH)–C–C–N with tert-alkyl or cyclic N) is 1. The van der Waals surface area contributed by atoms with Crippen molar-refractivity contribution in [3.63, 3.8) is 0 Å². The molecule has 30 heavy (non-hydrogen) atoms. The van der Waals surface area contributed by atoms with E-state index in [0.717, 1.165) is 5.56 Å². The van der Waals surface area contributed by atoms with Gasteiger partial charge in [-0.2, -0.15) is 4.98 Å². The summed E-state index contributed by atoms with van der Waals surface area (Å²) in [6.45, 7) is 0.877. The van der Waals surface area contributed by atoms with E-state index in [0.29, 0.717) is 47.1 Å². The smallest absolute Gasteiger partial charge is 0.324 e. The minimum Gasteiger partial charge on any atom is -0.389 e. The minimum atomic E-state index is -0.540. The van der Waals surface area contributed by atoms with Crippen molar-refractivity contribution in [2.24, 2.45) is 0 Å². The summed E-state index contributed by atoms with van der Waals surface area (Å²) < 4.78 is 5.31. The van der Waals surface area contributed by atoms with E-state index in [1.165, 1.54) is 0 Å². The van der Waals surface area contributed by atoms with Crippen LogP contribution < -0.4 is 15.5 Å². The molecule has 4 rings (SSSR count). The van der Waals surface area contributed by atoms with Crippen LogP contribution >= 0.6 is 23.2 Å². The van der Waals surface area contributed by atoms with Gasteiger partial charge < -0.3 is 25.2 Å². The molecule has 0 saturated carbocycles. The molecule has 10 heteroatoms. The highest BCUT2D eigenvalue weighted by Crippen LogP contribution is 2.23. The van der Waals surface area contributed by atoms with Crippen LogP contribution in [0.15, 0.2) is 53.1 Å². The summed E-state index contributed by atoms with van der Waals surface area (Å²) in [5, 5.41) is 20.4. The maximum absolute atomic E-state index is 12.6. The van der Waals surface area contributed by atoms with Crippen molar-refractivity contribution >= 4 is 40.9 Å². The zero-order valence-corrected chi connectivity index (χ0v) is 17.3. The van der Waals surface area contributed by atoms with E-state index in [-0.39, 0.29) is 0 Å². The van der Waals surface area contributed by atoms with E-state index < -0.39 is 18.2 Å². The average Bonchev–Trinajstić information content (AvgIpc) is 3.18. The lowest BCUT2D eigenvalue weighted by molar-refractivity contribution is 0.135. The maximum atomic E-state index is 12.6. The molecule has 8 nitrogen and oxygen atoms in total. The lowest BCUT2D eigenvalue weighted by Gasteiger charge is -2.33. The highest BCUT2D eigenvalue weighted by atomic mass is 35.5. The van der Waals surface area contributed by atoms with Gasteiger partial charge >= 0.3 is 12.0 Å². The molecule has 1 aliphatic heterocycles. The summed E-state index contributed by atoms with van der Waals surface area (Å²) in [5.74, 6) is 0.340. The summed E-state index contributed by atoms with van der Waals surface area (Å²) in [7, 11) is 0. The lowest BCUT2D eigenvalue weighted by atomic mass is 10.1. The van der Waals surface area contributed by atoms with E-state index in [9.17, 15) is 9.90 Å². The fourth-order valence-electron chi connectivity index (χ4n) is 3.03. The largest absolute Gasteiger partial charge is 0.389 e. The first-order chi connectivity index (χ1) is 14.5. The van der Waals surface area contributed by atoms with Gasteiger partial charge in [0.15, 0.2) is 5.82 Å². The van der Waals surface area contributed by atoms with Crippen molar-refractivity contribution in [1.82, 2.24) is 15.5 Å². The number of amides is 2. The third kappa shape index (κ3) is 5.02. The molecular formula is C20H19Cl2N5O3. The number of aliphatic hydroxyl groups excluding tert-OH is 1. The molecule has 1 atom stereocenters. The Balaban J connectivity index is 1.49. The van der Waals surface area contributed by atoms with Gasteiger partial charge in [0.2, 0.25) is 0 Å². The van der Waals surface area contributed by atoms with Gasteiger partial charge in [-0.1, -0.05) is 40.5 Å². The van der Waals surface area contributed by atoms with Gasteiger partial charge in [-0.15, -0.1) is 0 Å². The summed E-state index contributed by atoms with van der Waals surface area (Å²) in [5.41, 5.74) is 1.55. The summed E-state index contributed by atoms with van der Waals surface area (Å²) in [4.78, 5) is 18.7. The van der Waals surface area contributed by atoms with Crippen LogP contribution in [0.25, 0.3) is 0 Å². The van der Waals surface area contributed by atoms with Gasteiger partial charge in [-0.25, -0.2) is 4.79 Å². The fraction of sp³-hybridized carbons (Fsp3) is 0.250. The molecule has 156 valence electrons. The molecule has 0 spiro atoms. The van der Waals surface area contributed by atoms with Crippen LogP contribution in [0.1, 0.15) is 17.4 Å². The van der Waals surface area contributed by atoms with Crippen molar-refractivity contribution in [3.05, 3.63) is 70.0 Å². The second kappa shape index (κ2) is 8.91. The zero-order valence-electron chi connectivity index (χ0n) is 15.8. The topological polar surface area (TPSA) is 104 Å². The first kappa shape index (κ1) is 20.5. The van der Waals surface area contributed by atoms with Gasteiger partial charge in [0.25, 0.3) is 0 Å². The molecule has 0 unspecified atom stereocenters. The monoisotopic (exact) mass is 447 g/mol. The Morgan fingerprint density at radius 1 is 1.13 bits per heavy atom. The molecule has 0 radical (unpaired) electrons. The Morgan fingerprint density at radius 3 is 2.40 bits per heavy atom. The van der Waals surface area contributed by atoms with Crippen LogP contribution in [0.2, 0.25) is 10.0 Å². The third-order valence-electron chi connectivity index (χ3n) is 4.64. The van der Waals surface area contributed by atoms with Crippen molar-refractivity contribution in [3.8, 4) is 0 Å². The molecule has 2 amide bonds. The summed E-state index contributed by atoms with van der Waals surface area (Å²) >= 11 is 11.9. The molecule has 1 saturated heterocycles. The molecule has 1 fully saturated rings. The van der Waals surface area contributed by atoms with E-state index in [4.69, 9.17) is 27.7 Å². The summed E-state index contributed by atoms with van der Waals surface area (Å²) in [6, 6.07) is 13.5. The van der Waals surface area contributed by atoms with Crippen molar-refractivity contribution in [2.75, 3.05) is 23.3 Å². The number of hydrogen-bond acceptors (Lipinski definition) is 6. The van der Waals surface area contributed by atoms with E-state index >= 15 is 0 Å². The molecular weight excluding hydrogens is 429 g/mol. The quantitative estimate of drug-likeness (QED) is 0.532. The Bertz CT molecular complexity index is 1000. The van der Waals surface area contributed by atoms with Gasteiger partial charge in [-0.05, 0) is 42.0 Å². The lowest BCUT2D eigenvalue weighted by Crippen LogP contribution is -2.51. The molecule has 1 aliphatic rings. The molecule has 0 aliphatic carbocycles. The van der Waals surface area contributed by atoms with Gasteiger partial charge in [0.05, 0.1) is 25.2 Å². The number of hydrogen-bond donors (Lipinski definition) is 3. The van der Waals surface area contributed by atoms with Crippen LogP contribution in [-0.4, -0.2) is 40.5 Å². The highest BCUT2D eigenvalue weighted by Gasteiger charge is 2.30. The Labute approximate surface area is 182 Å². The van der Waals surface area contributed by atoms with Crippen molar-refractivity contribution < 1.29 is 14.4 Å². The van der Waals surface area contributed by atoms with Crippen LogP contribution in [0.5, 0.6) is 0 Å². The number of nitrogens with zero attached hydrogens (tertiary/aromatic N) is 3. The van der Waals surface area contributed by atoms with E-state index in [2.05, 4.69) is 20.8 Å². The predicted octanol–water partition coefficient (Wildman–Crippen LogP) is 3.66. The Morgan fingerprint density at radius 2 is 1.77 bits per heavy atom. The first-order valence-electron chi connectivity index (χ1n) is 9.30. The molecule has 3 N–H and O–H groups in total. The molecule has 0 bridgehead atoms. The van der Waals surface area contributed by atoms with Gasteiger partial charge in [-0.3, -0.25) is 0 Å². The van der Waals surface area contributed by atoms with Crippen LogP contribution in [-0.2, 0) is 6.42 Å².